The van der Waals surface area contributed by atoms with Crippen LogP contribution in [0.5, 0.6) is 0 Å². The fraction of sp³-hybridized carbons (Fsp3) is 0.818. The second-order valence-electron chi connectivity index (χ2n) is 5.26. The van der Waals surface area contributed by atoms with Crippen LogP contribution in [0.3, 0.4) is 0 Å². The smallest absolute Gasteiger partial charge is 0.410 e. The fourth-order valence-corrected chi connectivity index (χ4v) is 1.67. The molecule has 1 saturated heterocycles. The molecule has 98 valence electrons. The summed E-state index contributed by atoms with van der Waals surface area (Å²) >= 11 is 0. The zero-order valence-electron chi connectivity index (χ0n) is 10.7. The van der Waals surface area contributed by atoms with Gasteiger partial charge in [-0.1, -0.05) is 0 Å². The number of carbonyl (C=O) groups excluding carboxylic acids is 2. The van der Waals surface area contributed by atoms with Gasteiger partial charge in [-0.05, 0) is 20.8 Å². The van der Waals surface area contributed by atoms with Crippen LogP contribution in [0.2, 0.25) is 0 Å². The Bertz CT molecular complexity index is 311. The number of rotatable bonds is 1. The molecule has 0 aliphatic carbocycles. The zero-order valence-corrected chi connectivity index (χ0v) is 10.7. The predicted molar refractivity (Wildman–Crippen MR) is 61.4 cm³/mol. The number of carbonyl (C=O) groups is 2. The molecular weight excluding hydrogens is 224 g/mol. The van der Waals surface area contributed by atoms with Gasteiger partial charge in [-0.25, -0.2) is 4.79 Å². The molecule has 1 aliphatic rings. The van der Waals surface area contributed by atoms with Crippen LogP contribution in [0.4, 0.5) is 4.79 Å². The maximum atomic E-state index is 11.7. The van der Waals surface area contributed by atoms with E-state index in [0.29, 0.717) is 0 Å². The van der Waals surface area contributed by atoms with Gasteiger partial charge in [0.2, 0.25) is 5.91 Å². The van der Waals surface area contributed by atoms with E-state index in [1.807, 2.05) is 0 Å². The van der Waals surface area contributed by atoms with Crippen LogP contribution in [0.15, 0.2) is 0 Å². The summed E-state index contributed by atoms with van der Waals surface area (Å²) in [7, 11) is 0. The normalized spacial score (nSPS) is 24.6. The van der Waals surface area contributed by atoms with Gasteiger partial charge < -0.3 is 20.1 Å². The van der Waals surface area contributed by atoms with Crippen LogP contribution in [-0.2, 0) is 9.53 Å². The van der Waals surface area contributed by atoms with Crippen LogP contribution in [0.25, 0.3) is 0 Å². The lowest BCUT2D eigenvalue weighted by atomic mass is 10.2. The fourth-order valence-electron chi connectivity index (χ4n) is 1.67. The van der Waals surface area contributed by atoms with Gasteiger partial charge in [0.1, 0.15) is 5.60 Å². The summed E-state index contributed by atoms with van der Waals surface area (Å²) in [5.41, 5.74) is -0.561. The summed E-state index contributed by atoms with van der Waals surface area (Å²) in [6.07, 6.45) is -1.21. The summed E-state index contributed by atoms with van der Waals surface area (Å²) < 4.78 is 5.19. The molecule has 0 radical (unpaired) electrons. The molecule has 0 aromatic heterocycles. The molecule has 17 heavy (non-hydrogen) atoms. The molecule has 2 atom stereocenters. The third-order valence-corrected chi connectivity index (χ3v) is 2.33. The Labute approximate surface area is 101 Å². The van der Waals surface area contributed by atoms with Crippen molar-refractivity contribution in [2.75, 3.05) is 13.1 Å². The number of nitrogens with one attached hydrogen (secondary N) is 1. The molecule has 0 aromatic carbocycles. The molecule has 6 nitrogen and oxygen atoms in total. The number of aliphatic hydroxyl groups is 1. The van der Waals surface area contributed by atoms with Gasteiger partial charge in [0.25, 0.3) is 0 Å². The van der Waals surface area contributed by atoms with Gasteiger partial charge in [-0.2, -0.15) is 0 Å². The largest absolute Gasteiger partial charge is 0.444 e. The van der Waals surface area contributed by atoms with E-state index in [1.54, 1.807) is 20.8 Å². The van der Waals surface area contributed by atoms with E-state index < -0.39 is 23.8 Å². The standard InChI is InChI=1S/C11H20N2O4/c1-7(14)12-8-5-13(6-9(8)15)10(16)17-11(2,3)4/h8-9,15H,5-6H2,1-4H3,(H,12,14)/t8-,9-/m1/s1. The molecule has 0 unspecified atom stereocenters. The van der Waals surface area contributed by atoms with Crippen molar-refractivity contribution in [1.82, 2.24) is 10.2 Å². The number of aliphatic hydroxyl groups excluding tert-OH is 1. The summed E-state index contributed by atoms with van der Waals surface area (Å²) in [4.78, 5) is 24.0. The van der Waals surface area contributed by atoms with Crippen LogP contribution in [-0.4, -0.2) is 52.8 Å². The summed E-state index contributed by atoms with van der Waals surface area (Å²) in [6.45, 7) is 7.17. The first kappa shape index (κ1) is 13.8. The lowest BCUT2D eigenvalue weighted by molar-refractivity contribution is -0.120. The second kappa shape index (κ2) is 4.91. The predicted octanol–water partition coefficient (Wildman–Crippen LogP) is 0.103. The van der Waals surface area contributed by atoms with Crippen molar-refractivity contribution in [2.45, 2.75) is 45.4 Å². The Morgan fingerprint density at radius 2 is 1.94 bits per heavy atom. The van der Waals surface area contributed by atoms with Crippen molar-refractivity contribution in [3.8, 4) is 0 Å². The number of β-amino-alcohol motifs (C(OH)–C–C–N with tert-alkyl or cyclic N) is 1. The number of likely N-dealkylation sites (tertiary alicyclic amines) is 1. The van der Waals surface area contributed by atoms with E-state index in [-0.39, 0.29) is 19.0 Å². The minimum Gasteiger partial charge on any atom is -0.444 e. The third kappa shape index (κ3) is 4.22. The van der Waals surface area contributed by atoms with Crippen molar-refractivity contribution in [2.24, 2.45) is 0 Å². The van der Waals surface area contributed by atoms with Crippen molar-refractivity contribution in [3.63, 3.8) is 0 Å². The Morgan fingerprint density at radius 3 is 2.41 bits per heavy atom. The van der Waals surface area contributed by atoms with Crippen molar-refractivity contribution in [3.05, 3.63) is 0 Å². The van der Waals surface area contributed by atoms with Gasteiger partial charge in [0, 0.05) is 13.5 Å². The van der Waals surface area contributed by atoms with E-state index in [0.717, 1.165) is 0 Å². The monoisotopic (exact) mass is 244 g/mol. The number of nitrogens with zero attached hydrogens (tertiary/aromatic N) is 1. The lowest BCUT2D eigenvalue weighted by Crippen LogP contribution is -2.42. The molecule has 0 bridgehead atoms. The highest BCUT2D eigenvalue weighted by Gasteiger charge is 2.36. The van der Waals surface area contributed by atoms with Crippen molar-refractivity contribution < 1.29 is 19.4 Å². The summed E-state index contributed by atoms with van der Waals surface area (Å²) in [6, 6.07) is -0.417. The van der Waals surface area contributed by atoms with Gasteiger partial charge in [0.15, 0.2) is 0 Å². The molecule has 0 spiro atoms. The molecule has 0 saturated carbocycles. The molecule has 1 rings (SSSR count). The number of amides is 2. The minimum absolute atomic E-state index is 0.180. The molecule has 2 amide bonds. The van der Waals surface area contributed by atoms with Gasteiger partial charge >= 0.3 is 6.09 Å². The van der Waals surface area contributed by atoms with Gasteiger partial charge in [0.05, 0.1) is 18.7 Å². The number of hydrogen-bond donors (Lipinski definition) is 2. The van der Waals surface area contributed by atoms with Gasteiger partial charge in [-0.15, -0.1) is 0 Å². The average molecular weight is 244 g/mol. The maximum Gasteiger partial charge on any atom is 0.410 e. The quantitative estimate of drug-likeness (QED) is 0.686. The van der Waals surface area contributed by atoms with E-state index in [9.17, 15) is 14.7 Å². The highest BCUT2D eigenvalue weighted by Crippen LogP contribution is 2.15. The van der Waals surface area contributed by atoms with E-state index >= 15 is 0 Å². The first-order chi connectivity index (χ1) is 7.69. The van der Waals surface area contributed by atoms with Crippen LogP contribution < -0.4 is 5.32 Å². The van der Waals surface area contributed by atoms with Crippen LogP contribution >= 0.6 is 0 Å². The molecule has 1 aliphatic heterocycles. The average Bonchev–Trinajstić information content (AvgIpc) is 2.44. The van der Waals surface area contributed by atoms with E-state index in [1.165, 1.54) is 11.8 Å². The summed E-state index contributed by atoms with van der Waals surface area (Å²) in [5, 5.41) is 12.3. The Balaban J connectivity index is 2.53. The highest BCUT2D eigenvalue weighted by atomic mass is 16.6. The molecule has 2 N–H and O–H groups in total. The molecule has 6 heteroatoms. The van der Waals surface area contributed by atoms with E-state index in [4.69, 9.17) is 4.74 Å². The molecule has 0 aromatic rings. The topological polar surface area (TPSA) is 78.9 Å². The SMILES string of the molecule is CC(=O)N[C@@H]1CN(C(=O)OC(C)(C)C)C[C@H]1O. The van der Waals surface area contributed by atoms with Gasteiger partial charge in [-0.3, -0.25) is 4.79 Å². The molecular formula is C11H20N2O4. The first-order valence-electron chi connectivity index (χ1n) is 5.62. The highest BCUT2D eigenvalue weighted by molar-refractivity contribution is 5.74. The first-order valence-corrected chi connectivity index (χ1v) is 5.62. The molecule has 1 heterocycles. The number of hydrogen-bond acceptors (Lipinski definition) is 4. The Morgan fingerprint density at radius 1 is 1.35 bits per heavy atom. The lowest BCUT2D eigenvalue weighted by Gasteiger charge is -2.24. The van der Waals surface area contributed by atoms with Crippen molar-refractivity contribution >= 4 is 12.0 Å². The number of ether oxygens (including phenoxy) is 1. The maximum absolute atomic E-state index is 11.7. The summed E-state index contributed by atoms with van der Waals surface area (Å²) in [5.74, 6) is -0.222. The van der Waals surface area contributed by atoms with Crippen LogP contribution in [0.1, 0.15) is 27.7 Å². The zero-order chi connectivity index (χ0) is 13.2. The Kier molecular flexibility index (Phi) is 3.98. The van der Waals surface area contributed by atoms with Crippen LogP contribution in [0, 0.1) is 0 Å². The van der Waals surface area contributed by atoms with E-state index in [2.05, 4.69) is 5.32 Å². The second-order valence-corrected chi connectivity index (χ2v) is 5.26. The Hall–Kier alpha value is -1.30. The van der Waals surface area contributed by atoms with Crippen molar-refractivity contribution in [1.29, 1.82) is 0 Å². The third-order valence-electron chi connectivity index (χ3n) is 2.33. The minimum atomic E-state index is -0.744. The molecule has 1 fully saturated rings.